The van der Waals surface area contributed by atoms with Crippen LogP contribution in [-0.2, 0) is 15.0 Å². The molecule has 3 N–H and O–H groups in total. The lowest BCUT2D eigenvalue weighted by atomic mass is 9.59. The highest BCUT2D eigenvalue weighted by Crippen LogP contribution is 2.55. The SMILES string of the molecule is Nc1cc(Cl)ccc1[C@]1(C=O)[C@H](c2cccc(Cl)c2)CNC(=O)C[C@H]1C1CC1. The first-order valence-corrected chi connectivity index (χ1v) is 10.2. The Balaban J connectivity index is 1.97. The number of halogens is 2. The summed E-state index contributed by atoms with van der Waals surface area (Å²) in [5, 5.41) is 4.12. The quantitative estimate of drug-likeness (QED) is 0.574. The molecule has 1 heterocycles. The highest BCUT2D eigenvalue weighted by Gasteiger charge is 2.55. The van der Waals surface area contributed by atoms with E-state index < -0.39 is 5.41 Å². The van der Waals surface area contributed by atoms with Crippen LogP contribution in [0, 0.1) is 11.8 Å². The standard InChI is InChI=1S/C22H22Cl2N2O2/c23-15-3-1-2-14(8-15)19-11-26-21(28)10-18(13-4-5-13)22(19,12-27)17-7-6-16(24)9-20(17)25/h1-3,6-9,12-13,18-19H,4-5,10-11,25H2,(H,26,28)/t18-,19-,22-/m0/s1. The van der Waals surface area contributed by atoms with Crippen molar-refractivity contribution in [3.05, 3.63) is 63.6 Å². The van der Waals surface area contributed by atoms with Gasteiger partial charge in [0, 0.05) is 34.6 Å². The molecule has 0 unspecified atom stereocenters. The fourth-order valence-corrected chi connectivity index (χ4v) is 5.18. The van der Waals surface area contributed by atoms with Crippen LogP contribution in [0.1, 0.15) is 36.3 Å². The number of carbonyl (C=O) groups excluding carboxylic acids is 2. The molecule has 2 aromatic carbocycles. The van der Waals surface area contributed by atoms with Crippen LogP contribution in [0.15, 0.2) is 42.5 Å². The lowest BCUT2D eigenvalue weighted by Gasteiger charge is -2.42. The maximum Gasteiger partial charge on any atom is 0.220 e. The normalized spacial score (nSPS) is 27.7. The Morgan fingerprint density at radius 2 is 1.86 bits per heavy atom. The molecule has 0 bridgehead atoms. The Labute approximate surface area is 174 Å². The van der Waals surface area contributed by atoms with Crippen LogP contribution in [-0.4, -0.2) is 18.7 Å². The van der Waals surface area contributed by atoms with Crippen LogP contribution in [0.25, 0.3) is 0 Å². The third-order valence-corrected chi connectivity index (χ3v) is 6.69. The lowest BCUT2D eigenvalue weighted by molar-refractivity contribution is -0.122. The minimum absolute atomic E-state index is 0.0276. The van der Waals surface area contributed by atoms with E-state index in [0.717, 1.165) is 30.3 Å². The Morgan fingerprint density at radius 3 is 2.50 bits per heavy atom. The molecular formula is C22H22Cl2N2O2. The highest BCUT2D eigenvalue weighted by molar-refractivity contribution is 6.31. The van der Waals surface area contributed by atoms with Gasteiger partial charge in [0.15, 0.2) is 0 Å². The summed E-state index contributed by atoms with van der Waals surface area (Å²) in [5.41, 5.74) is 7.58. The maximum absolute atomic E-state index is 12.9. The lowest BCUT2D eigenvalue weighted by Crippen LogP contribution is -2.45. The fourth-order valence-electron chi connectivity index (χ4n) is 4.80. The van der Waals surface area contributed by atoms with Gasteiger partial charge in [-0.05, 0) is 60.1 Å². The van der Waals surface area contributed by atoms with Gasteiger partial charge in [-0.3, -0.25) is 4.79 Å². The van der Waals surface area contributed by atoms with Gasteiger partial charge in [-0.2, -0.15) is 0 Å². The number of nitrogens with two attached hydrogens (primary N) is 1. The summed E-state index contributed by atoms with van der Waals surface area (Å²) < 4.78 is 0. The van der Waals surface area contributed by atoms with Crippen molar-refractivity contribution in [2.45, 2.75) is 30.6 Å². The topological polar surface area (TPSA) is 72.2 Å². The van der Waals surface area contributed by atoms with Gasteiger partial charge in [-0.15, -0.1) is 0 Å². The molecule has 0 spiro atoms. The summed E-state index contributed by atoms with van der Waals surface area (Å²) in [5.74, 6) is -0.102. The minimum Gasteiger partial charge on any atom is -0.398 e. The number of hydrogen-bond acceptors (Lipinski definition) is 3. The Kier molecular flexibility index (Phi) is 5.11. The van der Waals surface area contributed by atoms with E-state index in [1.54, 1.807) is 18.2 Å². The van der Waals surface area contributed by atoms with Crippen LogP contribution in [0.3, 0.4) is 0 Å². The molecule has 3 atom stereocenters. The summed E-state index contributed by atoms with van der Waals surface area (Å²) in [6, 6.07) is 12.8. The van der Waals surface area contributed by atoms with Crippen molar-refractivity contribution in [2.75, 3.05) is 12.3 Å². The molecular weight excluding hydrogens is 395 g/mol. The van der Waals surface area contributed by atoms with E-state index in [4.69, 9.17) is 28.9 Å². The summed E-state index contributed by atoms with van der Waals surface area (Å²) in [6.07, 6.45) is 3.36. The highest BCUT2D eigenvalue weighted by atomic mass is 35.5. The van der Waals surface area contributed by atoms with Gasteiger partial charge in [0.2, 0.25) is 5.91 Å². The molecule has 2 aromatic rings. The zero-order valence-corrected chi connectivity index (χ0v) is 16.8. The summed E-state index contributed by atoms with van der Waals surface area (Å²) in [6.45, 7) is 0.350. The molecule has 28 heavy (non-hydrogen) atoms. The van der Waals surface area contributed by atoms with Crippen molar-refractivity contribution in [1.29, 1.82) is 0 Å². The van der Waals surface area contributed by atoms with Crippen molar-refractivity contribution < 1.29 is 9.59 Å². The Morgan fingerprint density at radius 1 is 1.11 bits per heavy atom. The average molecular weight is 417 g/mol. The van der Waals surface area contributed by atoms with Crippen LogP contribution < -0.4 is 11.1 Å². The molecule has 1 aliphatic heterocycles. The minimum atomic E-state index is -0.931. The van der Waals surface area contributed by atoms with Gasteiger partial charge in [-0.25, -0.2) is 0 Å². The van der Waals surface area contributed by atoms with Gasteiger partial charge >= 0.3 is 0 Å². The van der Waals surface area contributed by atoms with E-state index >= 15 is 0 Å². The number of carbonyl (C=O) groups is 2. The number of aldehydes is 1. The number of benzene rings is 2. The summed E-state index contributed by atoms with van der Waals surface area (Å²) in [4.78, 5) is 25.5. The van der Waals surface area contributed by atoms with Crippen LogP contribution >= 0.6 is 23.2 Å². The Hall–Kier alpha value is -2.04. The molecule has 1 saturated carbocycles. The molecule has 1 aliphatic carbocycles. The smallest absolute Gasteiger partial charge is 0.220 e. The monoisotopic (exact) mass is 416 g/mol. The first-order valence-electron chi connectivity index (χ1n) is 9.49. The zero-order valence-electron chi connectivity index (χ0n) is 15.3. The van der Waals surface area contributed by atoms with E-state index in [2.05, 4.69) is 5.32 Å². The van der Waals surface area contributed by atoms with Gasteiger partial charge in [0.25, 0.3) is 0 Å². The van der Waals surface area contributed by atoms with E-state index in [9.17, 15) is 9.59 Å². The molecule has 1 amide bonds. The second kappa shape index (κ2) is 7.41. The first-order chi connectivity index (χ1) is 13.5. The molecule has 4 nitrogen and oxygen atoms in total. The fraction of sp³-hybridized carbons (Fsp3) is 0.364. The number of nitrogens with one attached hydrogen (secondary N) is 1. The van der Waals surface area contributed by atoms with Gasteiger partial charge in [-0.1, -0.05) is 41.4 Å². The van der Waals surface area contributed by atoms with E-state index in [1.165, 1.54) is 0 Å². The molecule has 4 rings (SSSR count). The van der Waals surface area contributed by atoms with Gasteiger partial charge < -0.3 is 15.8 Å². The number of rotatable bonds is 4. The van der Waals surface area contributed by atoms with Gasteiger partial charge in [0.1, 0.15) is 6.29 Å². The molecule has 1 saturated heterocycles. The number of hydrogen-bond donors (Lipinski definition) is 2. The largest absolute Gasteiger partial charge is 0.398 e. The predicted molar refractivity (Wildman–Crippen MR) is 112 cm³/mol. The van der Waals surface area contributed by atoms with E-state index in [-0.39, 0.29) is 17.7 Å². The van der Waals surface area contributed by atoms with Crippen LogP contribution in [0.4, 0.5) is 5.69 Å². The zero-order chi connectivity index (χ0) is 19.9. The third-order valence-electron chi connectivity index (χ3n) is 6.22. The van der Waals surface area contributed by atoms with Crippen molar-refractivity contribution in [1.82, 2.24) is 5.32 Å². The molecule has 2 fully saturated rings. The molecule has 6 heteroatoms. The summed E-state index contributed by atoms with van der Waals surface area (Å²) in [7, 11) is 0. The average Bonchev–Trinajstić information content (AvgIpc) is 3.49. The number of anilines is 1. The predicted octanol–water partition coefficient (Wildman–Crippen LogP) is 4.34. The van der Waals surface area contributed by atoms with E-state index in [1.807, 2.05) is 24.3 Å². The van der Waals surface area contributed by atoms with Crippen molar-refractivity contribution in [2.24, 2.45) is 11.8 Å². The van der Waals surface area contributed by atoms with Crippen molar-refractivity contribution in [3.63, 3.8) is 0 Å². The molecule has 0 aromatic heterocycles. The summed E-state index contributed by atoms with van der Waals surface area (Å²) >= 11 is 12.4. The van der Waals surface area contributed by atoms with Gasteiger partial charge in [0.05, 0.1) is 5.41 Å². The molecule has 0 radical (unpaired) electrons. The number of amides is 1. The molecule has 146 valence electrons. The Bertz CT molecular complexity index is 929. The first kappa shape index (κ1) is 19.3. The maximum atomic E-state index is 12.9. The number of nitrogen functional groups attached to an aromatic ring is 1. The van der Waals surface area contributed by atoms with Crippen LogP contribution in [0.2, 0.25) is 10.0 Å². The van der Waals surface area contributed by atoms with E-state index in [0.29, 0.717) is 34.6 Å². The molecule has 2 aliphatic rings. The van der Waals surface area contributed by atoms with Crippen molar-refractivity contribution in [3.8, 4) is 0 Å². The second-order valence-corrected chi connectivity index (χ2v) is 8.72. The van der Waals surface area contributed by atoms with Crippen LogP contribution in [0.5, 0.6) is 0 Å². The second-order valence-electron chi connectivity index (χ2n) is 7.84. The van der Waals surface area contributed by atoms with Crippen molar-refractivity contribution >= 4 is 41.1 Å². The third kappa shape index (κ3) is 3.29.